The minimum Gasteiger partial charge on any atom is -0.389 e. The second-order valence-corrected chi connectivity index (χ2v) is 4.86. The Kier molecular flexibility index (Phi) is 3.87. The molecule has 1 heterocycles. The molecule has 1 amide bonds. The Morgan fingerprint density at radius 3 is 2.50 bits per heavy atom. The third-order valence-electron chi connectivity index (χ3n) is 3.41. The van der Waals surface area contributed by atoms with Gasteiger partial charge in [-0.1, -0.05) is 12.1 Å². The molecule has 1 atom stereocenters. The van der Waals surface area contributed by atoms with E-state index in [1.807, 2.05) is 31.3 Å². The number of nitrogens with zero attached hydrogens (tertiary/aromatic N) is 2. The van der Waals surface area contributed by atoms with Crippen molar-refractivity contribution in [2.24, 2.45) is 0 Å². The van der Waals surface area contributed by atoms with E-state index in [9.17, 15) is 9.90 Å². The summed E-state index contributed by atoms with van der Waals surface area (Å²) in [4.78, 5) is 15.7. The summed E-state index contributed by atoms with van der Waals surface area (Å²) in [6.07, 6.45) is 0.538. The maximum absolute atomic E-state index is 11.8. The zero-order valence-corrected chi connectivity index (χ0v) is 11.0. The highest BCUT2D eigenvalue weighted by Crippen LogP contribution is 2.20. The fourth-order valence-corrected chi connectivity index (χ4v) is 2.17. The topological polar surface area (TPSA) is 43.8 Å². The number of amides is 1. The monoisotopic (exact) mass is 248 g/mol. The predicted octanol–water partition coefficient (Wildman–Crippen LogP) is 1.41. The van der Waals surface area contributed by atoms with Gasteiger partial charge in [-0.15, -0.1) is 0 Å². The third-order valence-corrected chi connectivity index (χ3v) is 3.41. The SMILES string of the molecule is C[C@@H](O)c1ccc(N2CCCN(C)C(=O)C2)cc1. The van der Waals surface area contributed by atoms with Crippen LogP contribution in [0.5, 0.6) is 0 Å². The van der Waals surface area contributed by atoms with Gasteiger partial charge in [-0.25, -0.2) is 0 Å². The Morgan fingerprint density at radius 1 is 1.22 bits per heavy atom. The van der Waals surface area contributed by atoms with Crippen molar-refractivity contribution in [3.05, 3.63) is 29.8 Å². The number of hydrogen-bond donors (Lipinski definition) is 1. The molecule has 0 bridgehead atoms. The van der Waals surface area contributed by atoms with Crippen LogP contribution in [0, 0.1) is 0 Å². The number of likely N-dealkylation sites (N-methyl/N-ethyl adjacent to an activating group) is 1. The smallest absolute Gasteiger partial charge is 0.241 e. The molecule has 1 aromatic rings. The van der Waals surface area contributed by atoms with Crippen LogP contribution < -0.4 is 4.90 Å². The minimum atomic E-state index is -0.448. The summed E-state index contributed by atoms with van der Waals surface area (Å²) in [6.45, 7) is 3.90. The van der Waals surface area contributed by atoms with Crippen LogP contribution in [0.2, 0.25) is 0 Å². The zero-order valence-electron chi connectivity index (χ0n) is 11.0. The normalized spacial score (nSPS) is 18.7. The predicted molar refractivity (Wildman–Crippen MR) is 71.5 cm³/mol. The van der Waals surface area contributed by atoms with Gasteiger partial charge in [0.15, 0.2) is 0 Å². The summed E-state index contributed by atoms with van der Waals surface area (Å²) in [5.74, 6) is 0.159. The molecule has 2 rings (SSSR count). The van der Waals surface area contributed by atoms with Gasteiger partial charge in [0.2, 0.25) is 5.91 Å². The van der Waals surface area contributed by atoms with Gasteiger partial charge in [0.1, 0.15) is 0 Å². The van der Waals surface area contributed by atoms with Gasteiger partial charge in [-0.3, -0.25) is 4.79 Å². The lowest BCUT2D eigenvalue weighted by Crippen LogP contribution is -2.34. The van der Waals surface area contributed by atoms with Crippen LogP contribution in [0.3, 0.4) is 0 Å². The lowest BCUT2D eigenvalue weighted by molar-refractivity contribution is -0.127. The standard InChI is InChI=1S/C14H20N2O2/c1-11(17)12-4-6-13(7-5-12)16-9-3-8-15(2)14(18)10-16/h4-7,11,17H,3,8-10H2,1-2H3/t11-/m1/s1. The molecule has 0 aromatic heterocycles. The van der Waals surface area contributed by atoms with Crippen molar-refractivity contribution in [3.8, 4) is 0 Å². The van der Waals surface area contributed by atoms with Gasteiger partial charge in [0, 0.05) is 25.8 Å². The van der Waals surface area contributed by atoms with E-state index in [0.29, 0.717) is 6.54 Å². The van der Waals surface area contributed by atoms with Crippen molar-refractivity contribution >= 4 is 11.6 Å². The van der Waals surface area contributed by atoms with E-state index in [0.717, 1.165) is 30.8 Å². The number of rotatable bonds is 2. The summed E-state index contributed by atoms with van der Waals surface area (Å²) in [5, 5.41) is 9.47. The molecule has 1 N–H and O–H groups in total. The Bertz CT molecular complexity index is 414. The van der Waals surface area contributed by atoms with E-state index in [1.54, 1.807) is 11.8 Å². The first-order valence-corrected chi connectivity index (χ1v) is 6.35. The van der Waals surface area contributed by atoms with Gasteiger partial charge in [-0.2, -0.15) is 0 Å². The van der Waals surface area contributed by atoms with Crippen LogP contribution in [0.1, 0.15) is 25.0 Å². The highest BCUT2D eigenvalue weighted by molar-refractivity contribution is 5.81. The fourth-order valence-electron chi connectivity index (χ4n) is 2.17. The number of benzene rings is 1. The van der Waals surface area contributed by atoms with Gasteiger partial charge in [0.05, 0.1) is 12.6 Å². The van der Waals surface area contributed by atoms with Gasteiger partial charge < -0.3 is 14.9 Å². The average Bonchev–Trinajstić information content (AvgIpc) is 2.52. The quantitative estimate of drug-likeness (QED) is 0.860. The number of hydrogen-bond acceptors (Lipinski definition) is 3. The van der Waals surface area contributed by atoms with E-state index in [4.69, 9.17) is 0 Å². The van der Waals surface area contributed by atoms with Crippen molar-refractivity contribution in [2.75, 3.05) is 31.6 Å². The van der Waals surface area contributed by atoms with Crippen molar-refractivity contribution in [1.82, 2.24) is 4.90 Å². The molecule has 4 nitrogen and oxygen atoms in total. The molecule has 0 radical (unpaired) electrons. The number of carbonyl (C=O) groups excluding carboxylic acids is 1. The largest absolute Gasteiger partial charge is 0.389 e. The number of aliphatic hydroxyl groups excluding tert-OH is 1. The molecule has 18 heavy (non-hydrogen) atoms. The van der Waals surface area contributed by atoms with Gasteiger partial charge >= 0.3 is 0 Å². The molecule has 98 valence electrons. The fraction of sp³-hybridized carbons (Fsp3) is 0.500. The third kappa shape index (κ3) is 2.82. The first kappa shape index (κ1) is 12.9. The van der Waals surface area contributed by atoms with Crippen LogP contribution in [0.4, 0.5) is 5.69 Å². The van der Waals surface area contributed by atoms with Crippen LogP contribution in [-0.4, -0.2) is 42.6 Å². The molecule has 0 spiro atoms. The lowest BCUT2D eigenvalue weighted by Gasteiger charge is -2.22. The maximum Gasteiger partial charge on any atom is 0.241 e. The zero-order chi connectivity index (χ0) is 13.1. The summed E-state index contributed by atoms with van der Waals surface area (Å²) in [5.41, 5.74) is 1.94. The second-order valence-electron chi connectivity index (χ2n) is 4.86. The number of anilines is 1. The lowest BCUT2D eigenvalue weighted by atomic mass is 10.1. The molecule has 1 aliphatic rings. The molecular weight excluding hydrogens is 228 g/mol. The molecule has 1 saturated heterocycles. The summed E-state index contributed by atoms with van der Waals surface area (Å²) in [6, 6.07) is 7.78. The van der Waals surface area contributed by atoms with E-state index < -0.39 is 6.10 Å². The van der Waals surface area contributed by atoms with Gasteiger partial charge in [-0.05, 0) is 31.0 Å². The molecule has 1 aliphatic heterocycles. The molecule has 4 heteroatoms. The first-order chi connectivity index (χ1) is 8.58. The van der Waals surface area contributed by atoms with Crippen molar-refractivity contribution < 1.29 is 9.90 Å². The van der Waals surface area contributed by atoms with Gasteiger partial charge in [0.25, 0.3) is 0 Å². The van der Waals surface area contributed by atoms with Crippen molar-refractivity contribution in [3.63, 3.8) is 0 Å². The Labute approximate surface area is 108 Å². The van der Waals surface area contributed by atoms with E-state index in [1.165, 1.54) is 0 Å². The van der Waals surface area contributed by atoms with E-state index >= 15 is 0 Å². The van der Waals surface area contributed by atoms with E-state index in [2.05, 4.69) is 4.90 Å². The first-order valence-electron chi connectivity index (χ1n) is 6.35. The second kappa shape index (κ2) is 5.40. The average molecular weight is 248 g/mol. The van der Waals surface area contributed by atoms with E-state index in [-0.39, 0.29) is 5.91 Å². The molecule has 0 unspecified atom stereocenters. The highest BCUT2D eigenvalue weighted by atomic mass is 16.3. The van der Waals surface area contributed by atoms with Crippen LogP contribution in [-0.2, 0) is 4.79 Å². The minimum absolute atomic E-state index is 0.159. The van der Waals surface area contributed by atoms with Crippen LogP contribution >= 0.6 is 0 Å². The molecule has 1 fully saturated rings. The number of aliphatic hydroxyl groups is 1. The number of carbonyl (C=O) groups is 1. The highest BCUT2D eigenvalue weighted by Gasteiger charge is 2.19. The Hall–Kier alpha value is -1.55. The molecule has 0 aliphatic carbocycles. The maximum atomic E-state index is 11.8. The summed E-state index contributed by atoms with van der Waals surface area (Å²) >= 11 is 0. The summed E-state index contributed by atoms with van der Waals surface area (Å²) < 4.78 is 0. The van der Waals surface area contributed by atoms with Crippen LogP contribution in [0.25, 0.3) is 0 Å². The summed E-state index contributed by atoms with van der Waals surface area (Å²) in [7, 11) is 1.85. The van der Waals surface area contributed by atoms with Crippen molar-refractivity contribution in [1.29, 1.82) is 0 Å². The molecule has 1 aromatic carbocycles. The Balaban J connectivity index is 2.13. The van der Waals surface area contributed by atoms with Crippen LogP contribution in [0.15, 0.2) is 24.3 Å². The van der Waals surface area contributed by atoms with Crippen molar-refractivity contribution in [2.45, 2.75) is 19.4 Å². The molecular formula is C14H20N2O2. The Morgan fingerprint density at radius 2 is 1.89 bits per heavy atom. The molecule has 0 saturated carbocycles.